The lowest BCUT2D eigenvalue weighted by Gasteiger charge is -2.35. The molecule has 0 spiro atoms. The normalized spacial score (nSPS) is 12.2. The van der Waals surface area contributed by atoms with E-state index >= 15 is 0 Å². The SMILES string of the molecule is COc1ccc(S(=O)(=O)N(CC(=O)N(Cc2ccc(F)cc2)C(Cc2ccccc2)C(=O)NC(C)(C)C)c2cc(C)cc(C)c2)cc1OC. The predicted molar refractivity (Wildman–Crippen MR) is 189 cm³/mol. The quantitative estimate of drug-likeness (QED) is 0.179. The lowest BCUT2D eigenvalue weighted by atomic mass is 10.0. The van der Waals surface area contributed by atoms with Crippen molar-refractivity contribution in [2.45, 2.75) is 64.1 Å². The fourth-order valence-electron chi connectivity index (χ4n) is 5.52. The second kappa shape index (κ2) is 15.5. The van der Waals surface area contributed by atoms with Gasteiger partial charge in [-0.15, -0.1) is 0 Å². The molecule has 0 saturated carbocycles. The van der Waals surface area contributed by atoms with Crippen molar-refractivity contribution in [1.82, 2.24) is 10.2 Å². The monoisotopic (exact) mass is 689 g/mol. The maximum absolute atomic E-state index is 14.7. The van der Waals surface area contributed by atoms with E-state index in [4.69, 9.17) is 9.47 Å². The van der Waals surface area contributed by atoms with E-state index in [1.165, 1.54) is 49.5 Å². The van der Waals surface area contributed by atoms with Crippen LogP contribution in [-0.2, 0) is 32.6 Å². The fraction of sp³-hybridized carbons (Fsp3) is 0.316. The van der Waals surface area contributed by atoms with Crippen LogP contribution in [0.5, 0.6) is 11.5 Å². The average Bonchev–Trinajstić information content (AvgIpc) is 3.04. The van der Waals surface area contributed by atoms with Gasteiger partial charge < -0.3 is 19.7 Å². The molecule has 0 fully saturated rings. The molecule has 0 bridgehead atoms. The molecule has 11 heteroatoms. The number of benzene rings is 4. The van der Waals surface area contributed by atoms with E-state index in [1.54, 1.807) is 24.3 Å². The molecule has 260 valence electrons. The van der Waals surface area contributed by atoms with Crippen LogP contribution in [0.25, 0.3) is 0 Å². The van der Waals surface area contributed by atoms with Crippen LogP contribution in [0, 0.1) is 19.7 Å². The summed E-state index contributed by atoms with van der Waals surface area (Å²) in [5.41, 5.74) is 2.61. The second-order valence-electron chi connectivity index (χ2n) is 13.0. The Hall–Kier alpha value is -4.90. The number of carbonyl (C=O) groups is 2. The zero-order chi connectivity index (χ0) is 35.9. The van der Waals surface area contributed by atoms with Gasteiger partial charge in [-0.05, 0) is 93.3 Å². The van der Waals surface area contributed by atoms with E-state index in [1.807, 2.05) is 71.0 Å². The third-order valence-corrected chi connectivity index (χ3v) is 9.52. The first-order valence-corrected chi connectivity index (χ1v) is 17.3. The van der Waals surface area contributed by atoms with Gasteiger partial charge in [-0.3, -0.25) is 13.9 Å². The molecule has 9 nitrogen and oxygen atoms in total. The van der Waals surface area contributed by atoms with E-state index in [9.17, 15) is 22.4 Å². The third kappa shape index (κ3) is 9.60. The Kier molecular flexibility index (Phi) is 11.7. The standard InChI is InChI=1S/C38H44FN3O6S/c1-26-19-27(2)21-31(20-26)42(49(45,46)32-17-18-34(47-6)35(23-32)48-7)25-36(43)41(24-29-13-15-30(39)16-14-29)33(37(44)40-38(3,4)5)22-28-11-9-8-10-12-28/h8-21,23,33H,22,24-25H2,1-7H3,(H,40,44). The molecule has 1 unspecified atom stereocenters. The Morgan fingerprint density at radius 2 is 1.43 bits per heavy atom. The van der Waals surface area contributed by atoms with Gasteiger partial charge in [0, 0.05) is 24.6 Å². The highest BCUT2D eigenvalue weighted by Gasteiger charge is 2.36. The van der Waals surface area contributed by atoms with Crippen molar-refractivity contribution in [3.63, 3.8) is 0 Å². The molecule has 0 aliphatic heterocycles. The van der Waals surface area contributed by atoms with Gasteiger partial charge in [0.2, 0.25) is 11.8 Å². The summed E-state index contributed by atoms with van der Waals surface area (Å²) in [6, 6.07) is 23.4. The van der Waals surface area contributed by atoms with E-state index < -0.39 is 45.8 Å². The Morgan fingerprint density at radius 3 is 2.00 bits per heavy atom. The van der Waals surface area contributed by atoms with Gasteiger partial charge in [-0.1, -0.05) is 48.5 Å². The van der Waals surface area contributed by atoms with Crippen molar-refractivity contribution in [3.05, 3.63) is 119 Å². The summed E-state index contributed by atoms with van der Waals surface area (Å²) in [5.74, 6) is -0.940. The number of anilines is 1. The van der Waals surface area contributed by atoms with Crippen molar-refractivity contribution < 1.29 is 31.9 Å². The van der Waals surface area contributed by atoms with Gasteiger partial charge in [-0.25, -0.2) is 12.8 Å². The first kappa shape index (κ1) is 36.9. The number of carbonyl (C=O) groups excluding carboxylic acids is 2. The zero-order valence-electron chi connectivity index (χ0n) is 29.0. The maximum Gasteiger partial charge on any atom is 0.264 e. The van der Waals surface area contributed by atoms with Gasteiger partial charge in [-0.2, -0.15) is 0 Å². The summed E-state index contributed by atoms with van der Waals surface area (Å²) in [6.07, 6.45) is 0.154. The second-order valence-corrected chi connectivity index (χ2v) is 14.8. The van der Waals surface area contributed by atoms with Crippen molar-refractivity contribution in [3.8, 4) is 11.5 Å². The van der Waals surface area contributed by atoms with Crippen LogP contribution in [0.1, 0.15) is 43.0 Å². The Bertz CT molecular complexity index is 1860. The van der Waals surface area contributed by atoms with Crippen LogP contribution in [0.15, 0.2) is 95.9 Å². The number of aryl methyl sites for hydroxylation is 2. The Balaban J connectivity index is 1.86. The van der Waals surface area contributed by atoms with E-state index in [0.717, 1.165) is 21.0 Å². The Labute approximate surface area is 288 Å². The van der Waals surface area contributed by atoms with Gasteiger partial charge >= 0.3 is 0 Å². The number of hydrogen-bond acceptors (Lipinski definition) is 6. The molecular weight excluding hydrogens is 645 g/mol. The topological polar surface area (TPSA) is 105 Å². The first-order chi connectivity index (χ1) is 23.1. The largest absolute Gasteiger partial charge is 0.493 e. The molecule has 0 saturated heterocycles. The smallest absolute Gasteiger partial charge is 0.264 e. The fourth-order valence-corrected chi connectivity index (χ4v) is 6.93. The molecular formula is C38H44FN3O6S. The molecule has 49 heavy (non-hydrogen) atoms. The molecule has 1 atom stereocenters. The van der Waals surface area contributed by atoms with Crippen LogP contribution in [0.2, 0.25) is 0 Å². The molecule has 0 aliphatic carbocycles. The lowest BCUT2D eigenvalue weighted by molar-refractivity contribution is -0.140. The molecule has 0 aliphatic rings. The predicted octanol–water partition coefficient (Wildman–Crippen LogP) is 6.21. The number of rotatable bonds is 13. The van der Waals surface area contributed by atoms with Crippen molar-refractivity contribution in [2.24, 2.45) is 0 Å². The molecule has 4 aromatic carbocycles. The molecule has 0 aromatic heterocycles. The van der Waals surface area contributed by atoms with E-state index in [2.05, 4.69) is 5.32 Å². The number of sulfonamides is 1. The van der Waals surface area contributed by atoms with Crippen molar-refractivity contribution >= 4 is 27.5 Å². The highest BCUT2D eigenvalue weighted by Crippen LogP contribution is 2.33. The minimum atomic E-state index is -4.39. The van der Waals surface area contributed by atoms with E-state index in [-0.39, 0.29) is 29.3 Å². The highest BCUT2D eigenvalue weighted by molar-refractivity contribution is 7.92. The van der Waals surface area contributed by atoms with Crippen LogP contribution in [0.4, 0.5) is 10.1 Å². The number of nitrogens with zero attached hydrogens (tertiary/aromatic N) is 2. The van der Waals surface area contributed by atoms with Crippen molar-refractivity contribution in [1.29, 1.82) is 0 Å². The first-order valence-electron chi connectivity index (χ1n) is 15.8. The summed E-state index contributed by atoms with van der Waals surface area (Å²) in [7, 11) is -1.53. The van der Waals surface area contributed by atoms with Gasteiger partial charge in [0.15, 0.2) is 11.5 Å². The number of amides is 2. The van der Waals surface area contributed by atoms with Crippen LogP contribution in [0.3, 0.4) is 0 Å². The number of ether oxygens (including phenoxy) is 2. The number of nitrogens with one attached hydrogen (secondary N) is 1. The van der Waals surface area contributed by atoms with Crippen LogP contribution in [-0.4, -0.2) is 57.5 Å². The summed E-state index contributed by atoms with van der Waals surface area (Å²) in [6.45, 7) is 8.50. The summed E-state index contributed by atoms with van der Waals surface area (Å²) >= 11 is 0. The molecule has 0 heterocycles. The number of halogens is 1. The summed E-state index contributed by atoms with van der Waals surface area (Å²) in [4.78, 5) is 30.0. The number of hydrogen-bond donors (Lipinski definition) is 1. The average molecular weight is 690 g/mol. The third-order valence-electron chi connectivity index (χ3n) is 7.75. The Morgan fingerprint density at radius 1 is 0.816 bits per heavy atom. The zero-order valence-corrected chi connectivity index (χ0v) is 29.8. The minimum absolute atomic E-state index is 0.0781. The highest BCUT2D eigenvalue weighted by atomic mass is 32.2. The molecule has 4 rings (SSSR count). The number of methoxy groups -OCH3 is 2. The molecule has 4 aromatic rings. The lowest BCUT2D eigenvalue weighted by Crippen LogP contribution is -2.56. The summed E-state index contributed by atoms with van der Waals surface area (Å²) in [5, 5.41) is 3.00. The van der Waals surface area contributed by atoms with E-state index in [0.29, 0.717) is 11.3 Å². The van der Waals surface area contributed by atoms with Crippen LogP contribution < -0.4 is 19.1 Å². The minimum Gasteiger partial charge on any atom is -0.493 e. The summed E-state index contributed by atoms with van der Waals surface area (Å²) < 4.78 is 54.7. The molecule has 2 amide bonds. The van der Waals surface area contributed by atoms with Gasteiger partial charge in [0.25, 0.3) is 10.0 Å². The van der Waals surface area contributed by atoms with Gasteiger partial charge in [0.1, 0.15) is 18.4 Å². The van der Waals surface area contributed by atoms with Gasteiger partial charge in [0.05, 0.1) is 24.8 Å². The maximum atomic E-state index is 14.7. The molecule has 0 radical (unpaired) electrons. The van der Waals surface area contributed by atoms with Crippen LogP contribution >= 0.6 is 0 Å². The molecule has 1 N–H and O–H groups in total. The van der Waals surface area contributed by atoms with Crippen molar-refractivity contribution in [2.75, 3.05) is 25.1 Å².